The van der Waals surface area contributed by atoms with E-state index in [4.69, 9.17) is 12.2 Å². The van der Waals surface area contributed by atoms with Crippen LogP contribution in [0.15, 0.2) is 42.5 Å². The lowest BCUT2D eigenvalue weighted by atomic mass is 9.91. The lowest BCUT2D eigenvalue weighted by Crippen LogP contribution is -2.06. The maximum atomic E-state index is 13.5. The van der Waals surface area contributed by atoms with Crippen molar-refractivity contribution in [3.8, 4) is 0 Å². The molecule has 0 saturated carbocycles. The zero-order valence-electron chi connectivity index (χ0n) is 14.9. The van der Waals surface area contributed by atoms with Crippen LogP contribution in [0.2, 0.25) is 0 Å². The van der Waals surface area contributed by atoms with E-state index in [0.717, 1.165) is 53.9 Å². The predicted octanol–water partition coefficient (Wildman–Crippen LogP) is 6.44. The molecule has 1 aliphatic rings. The molecule has 2 aromatic rings. The highest BCUT2D eigenvalue weighted by molar-refractivity contribution is 7.80. The Hall–Kier alpha value is -2.00. The van der Waals surface area contributed by atoms with Crippen LogP contribution in [-0.2, 0) is 6.42 Å². The minimum absolute atomic E-state index is 0.185. The van der Waals surface area contributed by atoms with E-state index in [1.807, 2.05) is 13.0 Å². The molecule has 130 valence electrons. The van der Waals surface area contributed by atoms with E-state index in [0.29, 0.717) is 0 Å². The number of anilines is 1. The summed E-state index contributed by atoms with van der Waals surface area (Å²) >= 11 is 5.36. The molecular formula is C22H24FNS. The number of aryl methyl sites for hydroxylation is 2. The third kappa shape index (κ3) is 4.16. The molecule has 1 aliphatic heterocycles. The molecule has 0 atom stereocenters. The number of unbranched alkanes of at least 4 members (excludes halogenated alkanes) is 1. The van der Waals surface area contributed by atoms with Gasteiger partial charge in [0.25, 0.3) is 0 Å². The van der Waals surface area contributed by atoms with Gasteiger partial charge < -0.3 is 5.32 Å². The first-order valence-electron chi connectivity index (χ1n) is 8.98. The number of hydrogen-bond acceptors (Lipinski definition) is 1. The molecule has 25 heavy (non-hydrogen) atoms. The molecule has 1 nitrogen and oxygen atoms in total. The number of hydrogen-bond donors (Lipinski definition) is 1. The molecule has 0 bridgehead atoms. The lowest BCUT2D eigenvalue weighted by molar-refractivity contribution is 0.626. The van der Waals surface area contributed by atoms with Crippen molar-refractivity contribution in [2.45, 2.75) is 46.0 Å². The Balaban J connectivity index is 2.05. The minimum Gasteiger partial charge on any atom is -0.350 e. The van der Waals surface area contributed by atoms with Gasteiger partial charge in [-0.2, -0.15) is 0 Å². The van der Waals surface area contributed by atoms with Crippen molar-refractivity contribution in [2.24, 2.45) is 0 Å². The summed E-state index contributed by atoms with van der Waals surface area (Å²) in [7, 11) is 0. The number of nitrogens with one attached hydrogen (secondary N) is 1. The summed E-state index contributed by atoms with van der Waals surface area (Å²) in [4.78, 5) is 0.919. The Morgan fingerprint density at radius 1 is 1.20 bits per heavy atom. The summed E-state index contributed by atoms with van der Waals surface area (Å²) in [6.07, 6.45) is 7.41. The molecule has 0 aromatic heterocycles. The Labute approximate surface area is 155 Å². The summed E-state index contributed by atoms with van der Waals surface area (Å²) in [6, 6.07) is 11.6. The van der Waals surface area contributed by atoms with Crippen molar-refractivity contribution in [1.82, 2.24) is 0 Å². The van der Waals surface area contributed by atoms with E-state index in [1.165, 1.54) is 16.7 Å². The van der Waals surface area contributed by atoms with Crippen LogP contribution in [0.3, 0.4) is 0 Å². The van der Waals surface area contributed by atoms with Gasteiger partial charge in [-0.15, -0.1) is 0 Å². The fraction of sp³-hybridized carbons (Fsp3) is 0.318. The number of rotatable bonds is 4. The zero-order chi connectivity index (χ0) is 17.8. The highest BCUT2D eigenvalue weighted by Crippen LogP contribution is 2.32. The molecule has 0 unspecified atom stereocenters. The highest BCUT2D eigenvalue weighted by Gasteiger charge is 2.14. The van der Waals surface area contributed by atoms with Crippen molar-refractivity contribution in [2.75, 3.05) is 5.32 Å². The molecular weight excluding hydrogens is 329 g/mol. The molecule has 0 saturated heterocycles. The fourth-order valence-electron chi connectivity index (χ4n) is 3.34. The number of thiocarbonyl (C=S) groups is 1. The first kappa shape index (κ1) is 17.8. The number of allylic oxidation sites excluding steroid dienone is 1. The molecule has 1 heterocycles. The molecule has 0 radical (unpaired) electrons. The van der Waals surface area contributed by atoms with Crippen molar-refractivity contribution in [3.63, 3.8) is 0 Å². The van der Waals surface area contributed by atoms with Crippen LogP contribution in [0.5, 0.6) is 0 Å². The normalized spacial score (nSPS) is 14.7. The largest absolute Gasteiger partial charge is 0.350 e. The molecule has 3 rings (SSSR count). The second-order valence-corrected chi connectivity index (χ2v) is 7.13. The Kier molecular flexibility index (Phi) is 5.64. The third-order valence-corrected chi connectivity index (χ3v) is 4.96. The van der Waals surface area contributed by atoms with Crippen LogP contribution in [0.4, 0.5) is 10.1 Å². The fourth-order valence-corrected chi connectivity index (χ4v) is 3.60. The van der Waals surface area contributed by atoms with Gasteiger partial charge in [-0.05, 0) is 84.7 Å². The van der Waals surface area contributed by atoms with Crippen LogP contribution in [-0.4, -0.2) is 4.99 Å². The summed E-state index contributed by atoms with van der Waals surface area (Å²) in [5, 5.41) is 3.35. The Morgan fingerprint density at radius 3 is 2.80 bits per heavy atom. The van der Waals surface area contributed by atoms with E-state index >= 15 is 0 Å². The van der Waals surface area contributed by atoms with Gasteiger partial charge in [-0.3, -0.25) is 0 Å². The third-order valence-electron chi connectivity index (χ3n) is 4.66. The highest BCUT2D eigenvalue weighted by atomic mass is 32.1. The van der Waals surface area contributed by atoms with Gasteiger partial charge in [-0.1, -0.05) is 43.8 Å². The summed E-state index contributed by atoms with van der Waals surface area (Å²) in [5.41, 5.74) is 6.88. The van der Waals surface area contributed by atoms with Crippen LogP contribution >= 0.6 is 12.2 Å². The maximum absolute atomic E-state index is 13.5. The van der Waals surface area contributed by atoms with Gasteiger partial charge in [0.05, 0.1) is 4.99 Å². The zero-order valence-corrected chi connectivity index (χ0v) is 15.7. The molecule has 3 heteroatoms. The van der Waals surface area contributed by atoms with E-state index < -0.39 is 0 Å². The molecule has 0 fully saturated rings. The summed E-state index contributed by atoms with van der Waals surface area (Å²) in [5.74, 6) is -0.185. The minimum atomic E-state index is -0.185. The van der Waals surface area contributed by atoms with Crippen molar-refractivity contribution in [1.29, 1.82) is 0 Å². The van der Waals surface area contributed by atoms with E-state index in [1.54, 1.807) is 12.1 Å². The standard InChI is InChI=1S/C22H24FNS/c1-3-4-7-20(19-11-10-18(23)13-15(19)2)16-9-12-21-17(14-16)6-5-8-22(25)24-21/h7,9-14H,3-6,8H2,1-2H3,(H,24,25). The Bertz CT molecular complexity index is 823. The second-order valence-electron chi connectivity index (χ2n) is 6.64. The molecule has 2 aromatic carbocycles. The van der Waals surface area contributed by atoms with Gasteiger partial charge >= 0.3 is 0 Å². The average Bonchev–Trinajstić information content (AvgIpc) is 2.77. The van der Waals surface area contributed by atoms with Gasteiger partial charge in [0.1, 0.15) is 5.82 Å². The Morgan fingerprint density at radius 2 is 2.04 bits per heavy atom. The monoisotopic (exact) mass is 353 g/mol. The predicted molar refractivity (Wildman–Crippen MR) is 109 cm³/mol. The van der Waals surface area contributed by atoms with Crippen LogP contribution in [0.1, 0.15) is 54.9 Å². The van der Waals surface area contributed by atoms with E-state index in [2.05, 4.69) is 36.5 Å². The molecule has 0 spiro atoms. The van der Waals surface area contributed by atoms with Crippen LogP contribution in [0.25, 0.3) is 5.57 Å². The summed E-state index contributed by atoms with van der Waals surface area (Å²) in [6.45, 7) is 4.15. The molecule has 1 N–H and O–H groups in total. The average molecular weight is 354 g/mol. The van der Waals surface area contributed by atoms with Gasteiger partial charge in [0, 0.05) is 5.69 Å². The quantitative estimate of drug-likeness (QED) is 0.635. The van der Waals surface area contributed by atoms with Gasteiger partial charge in [-0.25, -0.2) is 4.39 Å². The SMILES string of the molecule is CCCC=C(c1ccc2c(c1)CCCC(=S)N2)c1ccc(F)cc1C. The molecule has 0 aliphatic carbocycles. The van der Waals surface area contributed by atoms with Gasteiger partial charge in [0.15, 0.2) is 0 Å². The first-order valence-corrected chi connectivity index (χ1v) is 9.39. The number of fused-ring (bicyclic) bond motifs is 1. The van der Waals surface area contributed by atoms with Crippen molar-refractivity contribution < 1.29 is 4.39 Å². The second kappa shape index (κ2) is 7.92. The maximum Gasteiger partial charge on any atom is 0.123 e. The van der Waals surface area contributed by atoms with Crippen molar-refractivity contribution >= 4 is 28.5 Å². The van der Waals surface area contributed by atoms with Crippen LogP contribution < -0.4 is 5.32 Å². The van der Waals surface area contributed by atoms with Crippen LogP contribution in [0, 0.1) is 12.7 Å². The topological polar surface area (TPSA) is 12.0 Å². The van der Waals surface area contributed by atoms with E-state index in [9.17, 15) is 4.39 Å². The first-order chi connectivity index (χ1) is 12.1. The smallest absolute Gasteiger partial charge is 0.123 e. The van der Waals surface area contributed by atoms with Gasteiger partial charge in [0.2, 0.25) is 0 Å². The van der Waals surface area contributed by atoms with Crippen molar-refractivity contribution in [3.05, 3.63) is 70.5 Å². The summed E-state index contributed by atoms with van der Waals surface area (Å²) < 4.78 is 13.5. The molecule has 0 amide bonds. The number of halogens is 1. The van der Waals surface area contributed by atoms with E-state index in [-0.39, 0.29) is 5.82 Å². The number of benzene rings is 2. The lowest BCUT2D eigenvalue weighted by Gasteiger charge is -2.15.